The van der Waals surface area contributed by atoms with Crippen LogP contribution >= 0.6 is 0 Å². The molecule has 0 aromatic rings. The Bertz CT molecular complexity index is 281. The summed E-state index contributed by atoms with van der Waals surface area (Å²) in [6.07, 6.45) is 6.03. The van der Waals surface area contributed by atoms with Crippen molar-refractivity contribution in [1.82, 2.24) is 0 Å². The molecule has 1 aliphatic heterocycles. The minimum Gasteiger partial charge on any atom is -0.378 e. The van der Waals surface area contributed by atoms with Crippen LogP contribution in [0.25, 0.3) is 0 Å². The van der Waals surface area contributed by atoms with Crippen LogP contribution in [0.2, 0.25) is 0 Å². The summed E-state index contributed by atoms with van der Waals surface area (Å²) in [5.41, 5.74) is 0.766. The number of ether oxygens (including phenoxy) is 1. The van der Waals surface area contributed by atoms with Crippen molar-refractivity contribution in [3.8, 4) is 0 Å². The van der Waals surface area contributed by atoms with Gasteiger partial charge in [0.05, 0.1) is 12.7 Å². The molecule has 2 fully saturated rings. The van der Waals surface area contributed by atoms with Crippen molar-refractivity contribution in [2.75, 3.05) is 6.61 Å². The van der Waals surface area contributed by atoms with Gasteiger partial charge in [-0.1, -0.05) is 54.4 Å². The molecular weight excluding hydrogens is 220 g/mol. The van der Waals surface area contributed by atoms with Crippen molar-refractivity contribution in [2.45, 2.75) is 73.3 Å². The Labute approximate surface area is 114 Å². The van der Waals surface area contributed by atoms with Gasteiger partial charge in [-0.05, 0) is 41.4 Å². The minimum absolute atomic E-state index is 0.361. The zero-order chi connectivity index (χ0) is 13.6. The third-order valence-electron chi connectivity index (χ3n) is 5.25. The maximum atomic E-state index is 6.25. The van der Waals surface area contributed by atoms with E-state index in [9.17, 15) is 0 Å². The van der Waals surface area contributed by atoms with Crippen LogP contribution in [0.1, 0.15) is 67.2 Å². The van der Waals surface area contributed by atoms with Crippen LogP contribution in [0.5, 0.6) is 0 Å². The molecule has 106 valence electrons. The van der Waals surface area contributed by atoms with Gasteiger partial charge in [-0.3, -0.25) is 0 Å². The summed E-state index contributed by atoms with van der Waals surface area (Å²) in [5, 5.41) is 0. The lowest BCUT2D eigenvalue weighted by atomic mass is 9.56. The molecule has 1 heteroatoms. The van der Waals surface area contributed by atoms with Gasteiger partial charge < -0.3 is 4.74 Å². The Kier molecular flexibility index (Phi) is 3.84. The van der Waals surface area contributed by atoms with E-state index >= 15 is 0 Å². The first kappa shape index (κ1) is 14.4. The molecule has 0 amide bonds. The van der Waals surface area contributed by atoms with Crippen molar-refractivity contribution in [2.24, 2.45) is 28.6 Å². The molecule has 18 heavy (non-hydrogen) atoms. The van der Waals surface area contributed by atoms with Gasteiger partial charge in [-0.2, -0.15) is 0 Å². The van der Waals surface area contributed by atoms with Crippen molar-refractivity contribution in [3.63, 3.8) is 0 Å². The Morgan fingerprint density at radius 2 is 1.44 bits per heavy atom. The van der Waals surface area contributed by atoms with Crippen LogP contribution in [0, 0.1) is 28.6 Å². The van der Waals surface area contributed by atoms with Gasteiger partial charge >= 0.3 is 0 Å². The summed E-state index contributed by atoms with van der Waals surface area (Å²) in [4.78, 5) is 0. The van der Waals surface area contributed by atoms with E-state index in [1.165, 1.54) is 25.7 Å². The zero-order valence-corrected chi connectivity index (χ0v) is 13.3. The molecule has 1 aliphatic carbocycles. The highest BCUT2D eigenvalue weighted by Crippen LogP contribution is 2.52. The zero-order valence-electron chi connectivity index (χ0n) is 13.3. The quantitative estimate of drug-likeness (QED) is 0.596. The van der Waals surface area contributed by atoms with Gasteiger partial charge in [0.1, 0.15) is 0 Å². The average molecular weight is 252 g/mol. The summed E-state index contributed by atoms with van der Waals surface area (Å²) >= 11 is 0. The van der Waals surface area contributed by atoms with Crippen molar-refractivity contribution in [1.29, 1.82) is 0 Å². The molecule has 0 N–H and O–H groups in total. The molecule has 1 saturated carbocycles. The lowest BCUT2D eigenvalue weighted by Crippen LogP contribution is -2.52. The molecule has 1 nitrogen and oxygen atoms in total. The van der Waals surface area contributed by atoms with Gasteiger partial charge in [0.15, 0.2) is 0 Å². The van der Waals surface area contributed by atoms with Crippen molar-refractivity contribution < 1.29 is 4.74 Å². The van der Waals surface area contributed by atoms with Gasteiger partial charge in [-0.15, -0.1) is 0 Å². The Morgan fingerprint density at radius 3 is 2.00 bits per heavy atom. The minimum atomic E-state index is 0.361. The Hall–Kier alpha value is -0.0400. The van der Waals surface area contributed by atoms with E-state index in [2.05, 4.69) is 41.5 Å². The summed E-state index contributed by atoms with van der Waals surface area (Å²) in [6, 6.07) is 0. The first-order chi connectivity index (χ1) is 8.21. The van der Waals surface area contributed by atoms with Crippen LogP contribution in [-0.4, -0.2) is 12.7 Å². The molecule has 0 bridgehead atoms. The predicted octanol–water partition coefficient (Wildman–Crippen LogP) is 4.90. The van der Waals surface area contributed by atoms with Crippen LogP contribution < -0.4 is 0 Å². The highest BCUT2D eigenvalue weighted by Gasteiger charge is 2.49. The van der Waals surface area contributed by atoms with Gasteiger partial charge in [0.25, 0.3) is 0 Å². The highest BCUT2D eigenvalue weighted by atomic mass is 16.5. The van der Waals surface area contributed by atoms with E-state index in [-0.39, 0.29) is 0 Å². The second-order valence-corrected chi connectivity index (χ2v) is 8.68. The van der Waals surface area contributed by atoms with Crippen LogP contribution in [0.15, 0.2) is 0 Å². The smallest absolute Gasteiger partial charge is 0.0606 e. The Morgan fingerprint density at radius 1 is 0.833 bits per heavy atom. The van der Waals surface area contributed by atoms with Crippen molar-refractivity contribution >= 4 is 0 Å². The predicted molar refractivity (Wildman–Crippen MR) is 77.6 cm³/mol. The number of fused-ring (bicyclic) bond motifs is 1. The summed E-state index contributed by atoms with van der Waals surface area (Å²) in [7, 11) is 0. The molecule has 2 rings (SSSR count). The van der Waals surface area contributed by atoms with E-state index < -0.39 is 0 Å². The van der Waals surface area contributed by atoms with E-state index in [0.717, 1.165) is 18.4 Å². The third kappa shape index (κ3) is 2.76. The second-order valence-electron chi connectivity index (χ2n) is 8.68. The average Bonchev–Trinajstić information content (AvgIpc) is 2.24. The molecule has 0 radical (unpaired) electrons. The highest BCUT2D eigenvalue weighted by molar-refractivity contribution is 4.97. The molecule has 4 atom stereocenters. The SMILES string of the molecule is CC(C)(C)[C@@H]1COC2CCCCC2[C@@H]1C(C)(C)C. The Balaban J connectivity index is 2.28. The lowest BCUT2D eigenvalue weighted by molar-refractivity contribution is -0.161. The summed E-state index contributed by atoms with van der Waals surface area (Å²) < 4.78 is 6.25. The number of hydrogen-bond acceptors (Lipinski definition) is 1. The first-order valence-electron chi connectivity index (χ1n) is 7.83. The monoisotopic (exact) mass is 252 g/mol. The third-order valence-corrected chi connectivity index (χ3v) is 5.25. The second kappa shape index (κ2) is 4.81. The molecule has 0 aromatic heterocycles. The molecule has 1 saturated heterocycles. The van der Waals surface area contributed by atoms with E-state index in [0.29, 0.717) is 22.9 Å². The lowest BCUT2D eigenvalue weighted by Gasteiger charge is -2.54. The van der Waals surface area contributed by atoms with E-state index in [4.69, 9.17) is 4.74 Å². The van der Waals surface area contributed by atoms with E-state index in [1.54, 1.807) is 0 Å². The van der Waals surface area contributed by atoms with Gasteiger partial charge in [0.2, 0.25) is 0 Å². The molecular formula is C17H32O. The van der Waals surface area contributed by atoms with E-state index in [1.807, 2.05) is 0 Å². The summed E-state index contributed by atoms with van der Waals surface area (Å²) in [6.45, 7) is 15.5. The fourth-order valence-electron chi connectivity index (χ4n) is 4.41. The fourth-order valence-corrected chi connectivity index (χ4v) is 4.41. The molecule has 2 unspecified atom stereocenters. The maximum absolute atomic E-state index is 6.25. The largest absolute Gasteiger partial charge is 0.378 e. The normalized spacial score (nSPS) is 38.3. The molecule has 0 spiro atoms. The number of hydrogen-bond donors (Lipinski definition) is 0. The van der Waals surface area contributed by atoms with Gasteiger partial charge in [0, 0.05) is 0 Å². The molecule has 1 heterocycles. The van der Waals surface area contributed by atoms with Crippen LogP contribution in [-0.2, 0) is 4.74 Å². The van der Waals surface area contributed by atoms with Gasteiger partial charge in [-0.25, -0.2) is 0 Å². The summed E-state index contributed by atoms with van der Waals surface area (Å²) in [5.74, 6) is 2.32. The molecule has 0 aromatic carbocycles. The standard InChI is InChI=1S/C17H32O/c1-16(2,3)13-11-18-14-10-8-7-9-12(14)15(13)17(4,5)6/h12-15H,7-11H2,1-6H3/t12?,13-,14?,15+/m1/s1. The van der Waals surface area contributed by atoms with Crippen LogP contribution in [0.3, 0.4) is 0 Å². The molecule has 2 aliphatic rings. The fraction of sp³-hybridized carbons (Fsp3) is 1.00. The van der Waals surface area contributed by atoms with Crippen LogP contribution in [0.4, 0.5) is 0 Å². The topological polar surface area (TPSA) is 9.23 Å². The number of rotatable bonds is 0. The maximum Gasteiger partial charge on any atom is 0.0606 e. The van der Waals surface area contributed by atoms with Crippen molar-refractivity contribution in [3.05, 3.63) is 0 Å². The first-order valence-corrected chi connectivity index (χ1v) is 7.83.